The Morgan fingerprint density at radius 2 is 2.33 bits per heavy atom. The third-order valence-corrected chi connectivity index (χ3v) is 3.68. The third-order valence-electron chi connectivity index (χ3n) is 2.27. The predicted octanol–water partition coefficient (Wildman–Crippen LogP) is 3.43. The fraction of sp³-hybridized carbons (Fsp3) is 0.167. The summed E-state index contributed by atoms with van der Waals surface area (Å²) in [7, 11) is 1.32. The van der Waals surface area contributed by atoms with Crippen LogP contribution in [0.5, 0.6) is 0 Å². The summed E-state index contributed by atoms with van der Waals surface area (Å²) >= 11 is 4.50. The summed E-state index contributed by atoms with van der Waals surface area (Å²) in [5.74, 6) is -0.702. The Morgan fingerprint density at radius 3 is 3.00 bits per heavy atom. The van der Waals surface area contributed by atoms with Gasteiger partial charge in [0.15, 0.2) is 0 Å². The van der Waals surface area contributed by atoms with Crippen molar-refractivity contribution in [2.45, 2.75) is 6.42 Å². The largest absolute Gasteiger partial charge is 0.469 e. The Kier molecular flexibility index (Phi) is 4.08. The Labute approximate surface area is 116 Å². The number of hydrogen-bond acceptors (Lipinski definition) is 4. The van der Waals surface area contributed by atoms with Crippen molar-refractivity contribution in [3.63, 3.8) is 0 Å². The number of benzene rings is 1. The molecule has 1 aromatic heterocycles. The van der Waals surface area contributed by atoms with Gasteiger partial charge in [0.2, 0.25) is 0 Å². The highest BCUT2D eigenvalue weighted by atomic mass is 79.9. The number of carbonyl (C=O) groups is 1. The lowest BCUT2D eigenvalue weighted by molar-refractivity contribution is -0.139. The number of halogens is 2. The number of aromatic nitrogens is 1. The van der Waals surface area contributed by atoms with Gasteiger partial charge in [-0.25, -0.2) is 9.37 Å². The normalized spacial score (nSPS) is 10.4. The fourth-order valence-corrected chi connectivity index (χ4v) is 2.57. The summed E-state index contributed by atoms with van der Waals surface area (Å²) in [6.45, 7) is 0. The van der Waals surface area contributed by atoms with Crippen LogP contribution >= 0.6 is 27.3 Å². The van der Waals surface area contributed by atoms with Crippen LogP contribution in [0.3, 0.4) is 0 Å². The van der Waals surface area contributed by atoms with Gasteiger partial charge in [-0.3, -0.25) is 4.79 Å². The van der Waals surface area contributed by atoms with Crippen molar-refractivity contribution < 1.29 is 13.9 Å². The van der Waals surface area contributed by atoms with E-state index in [0.717, 1.165) is 0 Å². The van der Waals surface area contributed by atoms with E-state index in [9.17, 15) is 9.18 Å². The van der Waals surface area contributed by atoms with Crippen molar-refractivity contribution in [2.75, 3.05) is 7.11 Å². The molecule has 0 radical (unpaired) electrons. The Morgan fingerprint density at radius 1 is 1.56 bits per heavy atom. The van der Waals surface area contributed by atoms with Crippen LogP contribution in [-0.4, -0.2) is 18.1 Å². The lowest BCUT2D eigenvalue weighted by atomic mass is 10.2. The lowest BCUT2D eigenvalue weighted by Crippen LogP contribution is -2.04. The first kappa shape index (κ1) is 13.2. The van der Waals surface area contributed by atoms with Crippen LogP contribution in [0.25, 0.3) is 10.6 Å². The Balaban J connectivity index is 2.26. The molecule has 3 nitrogen and oxygen atoms in total. The SMILES string of the molecule is COC(=O)Cc1csc(-c2ccc(Br)cc2F)n1. The molecule has 0 bridgehead atoms. The molecule has 2 rings (SSSR count). The second kappa shape index (κ2) is 5.58. The van der Waals surface area contributed by atoms with Gasteiger partial charge < -0.3 is 4.74 Å². The number of esters is 1. The Bertz CT molecular complexity index is 585. The highest BCUT2D eigenvalue weighted by Crippen LogP contribution is 2.28. The number of ether oxygens (including phenoxy) is 1. The average molecular weight is 330 g/mol. The van der Waals surface area contributed by atoms with Gasteiger partial charge in [-0.2, -0.15) is 0 Å². The molecule has 0 aliphatic heterocycles. The summed E-state index contributed by atoms with van der Waals surface area (Å²) in [5, 5.41) is 2.28. The molecular formula is C12H9BrFNO2S. The van der Waals surface area contributed by atoms with Crippen molar-refractivity contribution in [1.29, 1.82) is 0 Å². The second-order valence-corrected chi connectivity index (χ2v) is 5.29. The fourth-order valence-electron chi connectivity index (χ4n) is 1.39. The molecule has 0 aliphatic carbocycles. The van der Waals surface area contributed by atoms with E-state index in [1.807, 2.05) is 0 Å². The van der Waals surface area contributed by atoms with Crippen molar-refractivity contribution in [2.24, 2.45) is 0 Å². The minimum Gasteiger partial charge on any atom is -0.469 e. The van der Waals surface area contributed by atoms with Crippen LogP contribution in [0.4, 0.5) is 4.39 Å². The van der Waals surface area contributed by atoms with E-state index in [1.54, 1.807) is 17.5 Å². The smallest absolute Gasteiger partial charge is 0.311 e. The summed E-state index contributed by atoms with van der Waals surface area (Å²) in [5.41, 5.74) is 1.02. The van der Waals surface area contributed by atoms with E-state index in [1.165, 1.54) is 24.5 Å². The van der Waals surface area contributed by atoms with Crippen molar-refractivity contribution in [3.05, 3.63) is 39.6 Å². The average Bonchev–Trinajstić information content (AvgIpc) is 2.77. The van der Waals surface area contributed by atoms with Gasteiger partial charge in [0.05, 0.1) is 19.2 Å². The molecule has 0 saturated carbocycles. The zero-order valence-corrected chi connectivity index (χ0v) is 11.8. The Hall–Kier alpha value is -1.27. The van der Waals surface area contributed by atoms with Gasteiger partial charge in [-0.05, 0) is 18.2 Å². The number of methoxy groups -OCH3 is 1. The van der Waals surface area contributed by atoms with Crippen molar-refractivity contribution >= 4 is 33.2 Å². The molecule has 1 heterocycles. The molecule has 2 aromatic rings. The second-order valence-electron chi connectivity index (χ2n) is 3.52. The first-order valence-electron chi connectivity index (χ1n) is 5.07. The number of carbonyl (C=O) groups excluding carboxylic acids is 1. The highest BCUT2D eigenvalue weighted by molar-refractivity contribution is 9.10. The zero-order chi connectivity index (χ0) is 13.1. The van der Waals surface area contributed by atoms with Crippen LogP contribution in [0.2, 0.25) is 0 Å². The predicted molar refractivity (Wildman–Crippen MR) is 70.9 cm³/mol. The first-order chi connectivity index (χ1) is 8.60. The molecule has 0 saturated heterocycles. The standard InChI is InChI=1S/C12H9BrFNO2S/c1-17-11(16)5-8-6-18-12(15-8)9-3-2-7(13)4-10(9)14/h2-4,6H,5H2,1H3. The van der Waals surface area contributed by atoms with Crippen LogP contribution in [0.1, 0.15) is 5.69 Å². The van der Waals surface area contributed by atoms with Gasteiger partial charge in [-0.15, -0.1) is 11.3 Å². The summed E-state index contributed by atoms with van der Waals surface area (Å²) < 4.78 is 18.9. The van der Waals surface area contributed by atoms with E-state index in [-0.39, 0.29) is 18.2 Å². The molecule has 0 aliphatic rings. The van der Waals surface area contributed by atoms with E-state index in [4.69, 9.17) is 0 Å². The van der Waals surface area contributed by atoms with Gasteiger partial charge >= 0.3 is 5.97 Å². The molecule has 0 unspecified atom stereocenters. The number of nitrogens with zero attached hydrogens (tertiary/aromatic N) is 1. The topological polar surface area (TPSA) is 39.2 Å². The number of hydrogen-bond donors (Lipinski definition) is 0. The molecule has 0 atom stereocenters. The highest BCUT2D eigenvalue weighted by Gasteiger charge is 2.12. The van der Waals surface area contributed by atoms with Crippen molar-refractivity contribution in [3.8, 4) is 10.6 Å². The molecule has 0 spiro atoms. The molecule has 0 N–H and O–H groups in total. The quantitative estimate of drug-likeness (QED) is 0.810. The van der Waals surface area contributed by atoms with E-state index in [2.05, 4.69) is 25.7 Å². The maximum Gasteiger partial charge on any atom is 0.311 e. The minimum absolute atomic E-state index is 0.102. The molecule has 6 heteroatoms. The minimum atomic E-state index is -0.358. The van der Waals surface area contributed by atoms with Gasteiger partial charge in [0.1, 0.15) is 10.8 Å². The van der Waals surface area contributed by atoms with Gasteiger partial charge in [0.25, 0.3) is 0 Å². The molecule has 94 valence electrons. The molecule has 0 amide bonds. The van der Waals surface area contributed by atoms with E-state index >= 15 is 0 Å². The van der Waals surface area contributed by atoms with E-state index < -0.39 is 0 Å². The van der Waals surface area contributed by atoms with Crippen LogP contribution < -0.4 is 0 Å². The molecule has 1 aromatic carbocycles. The van der Waals surface area contributed by atoms with E-state index in [0.29, 0.717) is 20.7 Å². The maximum atomic E-state index is 13.7. The van der Waals surface area contributed by atoms with Crippen LogP contribution in [0.15, 0.2) is 28.1 Å². The molecule has 0 fully saturated rings. The maximum absolute atomic E-state index is 13.7. The van der Waals surface area contributed by atoms with Gasteiger partial charge in [-0.1, -0.05) is 15.9 Å². The van der Waals surface area contributed by atoms with Gasteiger partial charge in [0, 0.05) is 15.4 Å². The number of thiazole rings is 1. The summed E-state index contributed by atoms with van der Waals surface area (Å²) in [6.07, 6.45) is 0.102. The summed E-state index contributed by atoms with van der Waals surface area (Å²) in [4.78, 5) is 15.3. The van der Waals surface area contributed by atoms with Crippen LogP contribution in [0, 0.1) is 5.82 Å². The molecular weight excluding hydrogens is 321 g/mol. The zero-order valence-electron chi connectivity index (χ0n) is 9.44. The summed E-state index contributed by atoms with van der Waals surface area (Å²) in [6, 6.07) is 4.79. The van der Waals surface area contributed by atoms with Crippen molar-refractivity contribution in [1.82, 2.24) is 4.98 Å². The lowest BCUT2D eigenvalue weighted by Gasteiger charge is -1.99. The number of rotatable bonds is 3. The third kappa shape index (κ3) is 2.94. The molecule has 18 heavy (non-hydrogen) atoms. The van der Waals surface area contributed by atoms with Crippen LogP contribution in [-0.2, 0) is 16.0 Å². The monoisotopic (exact) mass is 329 g/mol. The first-order valence-corrected chi connectivity index (χ1v) is 6.74.